The summed E-state index contributed by atoms with van der Waals surface area (Å²) in [6, 6.07) is 6.40. The van der Waals surface area contributed by atoms with Crippen LogP contribution in [0.15, 0.2) is 24.3 Å². The van der Waals surface area contributed by atoms with Crippen molar-refractivity contribution in [2.45, 2.75) is 12.3 Å². The summed E-state index contributed by atoms with van der Waals surface area (Å²) >= 11 is 1.60. The highest BCUT2D eigenvalue weighted by atomic mass is 32.2. The van der Waals surface area contributed by atoms with E-state index in [0.717, 1.165) is 18.7 Å². The fraction of sp³-hybridized carbons (Fsp3) is 0.462. The Balaban J connectivity index is 2.06. The van der Waals surface area contributed by atoms with Crippen LogP contribution in [0.2, 0.25) is 0 Å². The fourth-order valence-corrected chi connectivity index (χ4v) is 3.19. The zero-order chi connectivity index (χ0) is 13.0. The molecule has 1 amide bonds. The molecule has 0 aliphatic carbocycles. The van der Waals surface area contributed by atoms with Crippen LogP contribution in [0, 0.1) is 5.82 Å². The van der Waals surface area contributed by atoms with Crippen LogP contribution in [0.4, 0.5) is 4.39 Å². The normalized spacial score (nSPS) is 19.6. The number of likely N-dealkylation sites (N-methyl/N-ethyl adjacent to an activating group) is 1. The summed E-state index contributed by atoms with van der Waals surface area (Å²) in [6.07, 6.45) is 0. The van der Waals surface area contributed by atoms with Crippen LogP contribution in [-0.4, -0.2) is 36.2 Å². The van der Waals surface area contributed by atoms with Crippen molar-refractivity contribution in [1.29, 1.82) is 0 Å². The lowest BCUT2D eigenvalue weighted by Gasteiger charge is -2.24. The van der Waals surface area contributed by atoms with Crippen LogP contribution in [0.1, 0.15) is 17.9 Å². The van der Waals surface area contributed by atoms with Gasteiger partial charge in [0, 0.05) is 13.1 Å². The second kappa shape index (κ2) is 6.20. The molecular formula is C13H17FN2OS. The summed E-state index contributed by atoms with van der Waals surface area (Å²) in [4.78, 5) is 13.7. The smallest absolute Gasteiger partial charge is 0.233 e. The van der Waals surface area contributed by atoms with E-state index in [-0.39, 0.29) is 17.1 Å². The van der Waals surface area contributed by atoms with E-state index in [1.54, 1.807) is 23.9 Å². The van der Waals surface area contributed by atoms with Gasteiger partial charge in [0.1, 0.15) is 11.2 Å². The molecule has 0 spiro atoms. The van der Waals surface area contributed by atoms with Crippen molar-refractivity contribution in [2.75, 3.05) is 25.4 Å². The predicted octanol–water partition coefficient (Wildman–Crippen LogP) is 2.01. The Morgan fingerprint density at radius 3 is 2.83 bits per heavy atom. The first-order valence-corrected chi connectivity index (χ1v) is 7.14. The van der Waals surface area contributed by atoms with Crippen LogP contribution >= 0.6 is 11.8 Å². The lowest BCUT2D eigenvalue weighted by Crippen LogP contribution is -2.35. The third kappa shape index (κ3) is 3.03. The molecule has 5 heteroatoms. The summed E-state index contributed by atoms with van der Waals surface area (Å²) in [5.41, 5.74) is 0.990. The molecule has 0 bridgehead atoms. The van der Waals surface area contributed by atoms with Gasteiger partial charge in [0.2, 0.25) is 5.91 Å². The molecule has 0 saturated carbocycles. The molecule has 1 heterocycles. The number of nitrogens with one attached hydrogen (secondary N) is 1. The monoisotopic (exact) mass is 268 g/mol. The second-order valence-corrected chi connectivity index (χ2v) is 5.22. The molecule has 0 aromatic heterocycles. The van der Waals surface area contributed by atoms with Gasteiger partial charge in [-0.05, 0) is 24.2 Å². The molecular weight excluding hydrogens is 251 g/mol. The zero-order valence-electron chi connectivity index (χ0n) is 10.4. The molecule has 1 aliphatic rings. The Labute approximate surface area is 111 Å². The quantitative estimate of drug-likeness (QED) is 0.829. The van der Waals surface area contributed by atoms with Gasteiger partial charge < -0.3 is 10.2 Å². The SMILES string of the molecule is CCNCCN1C(=O)CS[C@H]1c1ccc(F)cc1. The Morgan fingerprint density at radius 2 is 2.17 bits per heavy atom. The van der Waals surface area contributed by atoms with Crippen LogP contribution in [0.25, 0.3) is 0 Å². The number of halogens is 1. The summed E-state index contributed by atoms with van der Waals surface area (Å²) in [7, 11) is 0. The molecule has 18 heavy (non-hydrogen) atoms. The maximum absolute atomic E-state index is 12.9. The highest BCUT2D eigenvalue weighted by Crippen LogP contribution is 2.38. The van der Waals surface area contributed by atoms with Crippen molar-refractivity contribution >= 4 is 17.7 Å². The van der Waals surface area contributed by atoms with E-state index in [1.165, 1.54) is 12.1 Å². The van der Waals surface area contributed by atoms with Gasteiger partial charge in [-0.25, -0.2) is 4.39 Å². The van der Waals surface area contributed by atoms with Gasteiger partial charge >= 0.3 is 0 Å². The molecule has 0 unspecified atom stereocenters. The molecule has 1 saturated heterocycles. The number of nitrogens with zero attached hydrogens (tertiary/aromatic N) is 1. The molecule has 98 valence electrons. The standard InChI is InChI=1S/C13H17FN2OS/c1-2-15-7-8-16-12(17)9-18-13(16)10-3-5-11(14)6-4-10/h3-6,13,15H,2,7-9H2,1H3/t13-/m0/s1. The van der Waals surface area contributed by atoms with Gasteiger partial charge in [0.15, 0.2) is 0 Å². The molecule has 1 atom stereocenters. The van der Waals surface area contributed by atoms with Gasteiger partial charge in [-0.2, -0.15) is 0 Å². The molecule has 2 rings (SSSR count). The van der Waals surface area contributed by atoms with Crippen molar-refractivity contribution in [3.05, 3.63) is 35.6 Å². The average Bonchev–Trinajstić information content (AvgIpc) is 2.73. The first-order chi connectivity index (χ1) is 8.72. The van der Waals surface area contributed by atoms with Gasteiger partial charge in [0.05, 0.1) is 5.75 Å². The van der Waals surface area contributed by atoms with E-state index < -0.39 is 0 Å². The van der Waals surface area contributed by atoms with Gasteiger partial charge in [-0.15, -0.1) is 11.8 Å². The minimum absolute atomic E-state index is 0.0248. The van der Waals surface area contributed by atoms with E-state index in [1.807, 2.05) is 11.8 Å². The van der Waals surface area contributed by atoms with Gasteiger partial charge in [0.25, 0.3) is 0 Å². The van der Waals surface area contributed by atoms with Gasteiger partial charge in [-0.3, -0.25) is 4.79 Å². The lowest BCUT2D eigenvalue weighted by molar-refractivity contribution is -0.128. The predicted molar refractivity (Wildman–Crippen MR) is 71.9 cm³/mol. The van der Waals surface area contributed by atoms with Crippen molar-refractivity contribution in [3.63, 3.8) is 0 Å². The summed E-state index contributed by atoms with van der Waals surface area (Å²) < 4.78 is 12.9. The van der Waals surface area contributed by atoms with Crippen LogP contribution in [0.5, 0.6) is 0 Å². The molecule has 1 fully saturated rings. The van der Waals surface area contributed by atoms with Crippen molar-refractivity contribution in [1.82, 2.24) is 10.2 Å². The molecule has 1 aromatic carbocycles. The van der Waals surface area contributed by atoms with Crippen LogP contribution in [0.3, 0.4) is 0 Å². The number of carbonyl (C=O) groups excluding carboxylic acids is 1. The molecule has 1 aliphatic heterocycles. The zero-order valence-corrected chi connectivity index (χ0v) is 11.2. The maximum atomic E-state index is 12.9. The van der Waals surface area contributed by atoms with E-state index in [4.69, 9.17) is 0 Å². The van der Waals surface area contributed by atoms with E-state index >= 15 is 0 Å². The summed E-state index contributed by atoms with van der Waals surface area (Å²) in [5, 5.41) is 3.24. The highest BCUT2D eigenvalue weighted by molar-refractivity contribution is 8.00. The van der Waals surface area contributed by atoms with Crippen LogP contribution < -0.4 is 5.32 Å². The number of amides is 1. The molecule has 0 radical (unpaired) electrons. The van der Waals surface area contributed by atoms with Crippen molar-refractivity contribution < 1.29 is 9.18 Å². The first-order valence-electron chi connectivity index (χ1n) is 6.09. The molecule has 1 aromatic rings. The molecule has 1 N–H and O–H groups in total. The number of rotatable bonds is 5. The fourth-order valence-electron chi connectivity index (χ4n) is 1.98. The topological polar surface area (TPSA) is 32.3 Å². The van der Waals surface area contributed by atoms with Gasteiger partial charge in [-0.1, -0.05) is 19.1 Å². The maximum Gasteiger partial charge on any atom is 0.233 e. The third-order valence-electron chi connectivity index (χ3n) is 2.90. The Kier molecular flexibility index (Phi) is 4.60. The summed E-state index contributed by atoms with van der Waals surface area (Å²) in [6.45, 7) is 4.43. The second-order valence-electron chi connectivity index (χ2n) is 4.16. The largest absolute Gasteiger partial charge is 0.325 e. The Hall–Kier alpha value is -1.07. The van der Waals surface area contributed by atoms with Crippen molar-refractivity contribution in [3.8, 4) is 0 Å². The van der Waals surface area contributed by atoms with Crippen LogP contribution in [-0.2, 0) is 4.79 Å². The van der Waals surface area contributed by atoms with E-state index in [2.05, 4.69) is 5.32 Å². The first kappa shape index (κ1) is 13.4. The lowest BCUT2D eigenvalue weighted by atomic mass is 10.2. The Bertz CT molecular complexity index is 410. The minimum atomic E-state index is -0.243. The van der Waals surface area contributed by atoms with Crippen molar-refractivity contribution in [2.24, 2.45) is 0 Å². The number of hydrogen-bond donors (Lipinski definition) is 1. The number of carbonyl (C=O) groups is 1. The third-order valence-corrected chi connectivity index (χ3v) is 4.16. The average molecular weight is 268 g/mol. The number of thioether (sulfide) groups is 1. The number of benzene rings is 1. The van der Waals surface area contributed by atoms with E-state index in [0.29, 0.717) is 12.3 Å². The molecule has 3 nitrogen and oxygen atoms in total. The highest BCUT2D eigenvalue weighted by Gasteiger charge is 2.32. The minimum Gasteiger partial charge on any atom is -0.325 e. The van der Waals surface area contributed by atoms with E-state index in [9.17, 15) is 9.18 Å². The number of hydrogen-bond acceptors (Lipinski definition) is 3. The Morgan fingerprint density at radius 1 is 1.44 bits per heavy atom. The summed E-state index contributed by atoms with van der Waals surface area (Å²) in [5.74, 6) is 0.424.